The zero-order chi connectivity index (χ0) is 14.7. The molecular weight excluding hydrogens is 240 g/mol. The van der Waals surface area contributed by atoms with E-state index >= 15 is 0 Å². The van der Waals surface area contributed by atoms with Gasteiger partial charge in [0.1, 0.15) is 0 Å². The van der Waals surface area contributed by atoms with Crippen LogP contribution in [-0.4, -0.2) is 34.2 Å². The van der Waals surface area contributed by atoms with Crippen molar-refractivity contribution in [3.05, 3.63) is 12.2 Å². The number of esters is 2. The molecule has 0 saturated heterocycles. The van der Waals surface area contributed by atoms with Crippen LogP contribution in [0.4, 0.5) is 0 Å². The van der Waals surface area contributed by atoms with Crippen LogP contribution >= 0.6 is 0 Å². The van der Waals surface area contributed by atoms with Gasteiger partial charge in [-0.2, -0.15) is 0 Å². The standard InChI is InChI=1S/C8H14O3.C4H6O3/c1-6(8(10)11)4-3-5-7(2)9;1-3(5)7-4(2)6/h7,9H,1,3-5H2,2H3,(H,10,11);1-2H3. The number of ether oxygens (including phenoxy) is 1. The maximum Gasteiger partial charge on any atom is 0.330 e. The summed E-state index contributed by atoms with van der Waals surface area (Å²) in [5.41, 5.74) is 0.214. The first kappa shape index (κ1) is 18.7. The second kappa shape index (κ2) is 10.5. The molecular formula is C12H20O6. The minimum Gasteiger partial charge on any atom is -0.478 e. The lowest BCUT2D eigenvalue weighted by Crippen LogP contribution is -2.03. The molecule has 0 amide bonds. The average molecular weight is 260 g/mol. The van der Waals surface area contributed by atoms with Crippen LogP contribution in [-0.2, 0) is 19.1 Å². The second-order valence-corrected chi connectivity index (χ2v) is 3.74. The van der Waals surface area contributed by atoms with E-state index < -0.39 is 17.9 Å². The van der Waals surface area contributed by atoms with Crippen LogP contribution in [0.5, 0.6) is 0 Å². The van der Waals surface area contributed by atoms with Crippen LogP contribution in [0.25, 0.3) is 0 Å². The molecule has 0 aromatic heterocycles. The van der Waals surface area contributed by atoms with Crippen LogP contribution in [0.1, 0.15) is 40.0 Å². The summed E-state index contributed by atoms with van der Waals surface area (Å²) >= 11 is 0. The van der Waals surface area contributed by atoms with Crippen LogP contribution in [0, 0.1) is 0 Å². The van der Waals surface area contributed by atoms with Gasteiger partial charge in [-0.15, -0.1) is 0 Å². The number of rotatable bonds is 5. The lowest BCUT2D eigenvalue weighted by Gasteiger charge is -2.02. The molecule has 1 unspecified atom stereocenters. The Bertz CT molecular complexity index is 294. The summed E-state index contributed by atoms with van der Waals surface area (Å²) < 4.78 is 3.97. The van der Waals surface area contributed by atoms with Crippen LogP contribution < -0.4 is 0 Å². The van der Waals surface area contributed by atoms with E-state index in [-0.39, 0.29) is 11.7 Å². The highest BCUT2D eigenvalue weighted by molar-refractivity contribution is 5.85. The normalized spacial score (nSPS) is 10.7. The highest BCUT2D eigenvalue weighted by Crippen LogP contribution is 2.06. The monoisotopic (exact) mass is 260 g/mol. The predicted molar refractivity (Wildman–Crippen MR) is 64.8 cm³/mol. The van der Waals surface area contributed by atoms with Gasteiger partial charge in [0.25, 0.3) is 0 Å². The highest BCUT2D eigenvalue weighted by atomic mass is 16.6. The smallest absolute Gasteiger partial charge is 0.330 e. The number of carboxylic acid groups (broad SMARTS) is 1. The van der Waals surface area contributed by atoms with Crippen molar-refractivity contribution in [2.45, 2.75) is 46.1 Å². The summed E-state index contributed by atoms with van der Waals surface area (Å²) in [6, 6.07) is 0. The molecule has 2 N–H and O–H groups in total. The Morgan fingerprint density at radius 3 is 1.89 bits per heavy atom. The van der Waals surface area contributed by atoms with E-state index in [1.807, 2.05) is 0 Å². The molecule has 6 heteroatoms. The quantitative estimate of drug-likeness (QED) is 0.438. The van der Waals surface area contributed by atoms with E-state index in [0.29, 0.717) is 19.3 Å². The first-order chi connectivity index (χ1) is 8.16. The molecule has 18 heavy (non-hydrogen) atoms. The van der Waals surface area contributed by atoms with Crippen LogP contribution in [0.3, 0.4) is 0 Å². The van der Waals surface area contributed by atoms with Gasteiger partial charge in [0, 0.05) is 19.4 Å². The maximum atomic E-state index is 10.2. The van der Waals surface area contributed by atoms with Gasteiger partial charge in [-0.05, 0) is 26.2 Å². The molecule has 0 aromatic carbocycles. The Morgan fingerprint density at radius 2 is 1.67 bits per heavy atom. The van der Waals surface area contributed by atoms with Gasteiger partial charge < -0.3 is 14.9 Å². The average Bonchev–Trinajstić information content (AvgIpc) is 2.15. The molecule has 0 heterocycles. The third-order valence-corrected chi connectivity index (χ3v) is 1.69. The minimum absolute atomic E-state index is 0.214. The van der Waals surface area contributed by atoms with Crippen molar-refractivity contribution in [1.29, 1.82) is 0 Å². The Labute approximate surface area is 106 Å². The largest absolute Gasteiger partial charge is 0.478 e. The molecule has 0 aliphatic carbocycles. The first-order valence-electron chi connectivity index (χ1n) is 5.45. The molecule has 0 bridgehead atoms. The van der Waals surface area contributed by atoms with Crippen molar-refractivity contribution in [1.82, 2.24) is 0 Å². The molecule has 0 aromatic rings. The van der Waals surface area contributed by atoms with Crippen molar-refractivity contribution >= 4 is 17.9 Å². The summed E-state index contributed by atoms with van der Waals surface area (Å²) in [6.07, 6.45) is 1.42. The number of aliphatic hydroxyl groups excluding tert-OH is 1. The van der Waals surface area contributed by atoms with Gasteiger partial charge in [0.15, 0.2) is 0 Å². The van der Waals surface area contributed by atoms with E-state index in [4.69, 9.17) is 10.2 Å². The van der Waals surface area contributed by atoms with Crippen LogP contribution in [0.2, 0.25) is 0 Å². The summed E-state index contributed by atoms with van der Waals surface area (Å²) in [6.45, 7) is 7.42. The van der Waals surface area contributed by atoms with Crippen molar-refractivity contribution < 1.29 is 29.3 Å². The van der Waals surface area contributed by atoms with Crippen molar-refractivity contribution in [2.24, 2.45) is 0 Å². The summed E-state index contributed by atoms with van der Waals surface area (Å²) in [5.74, 6) is -2.07. The molecule has 0 radical (unpaired) electrons. The minimum atomic E-state index is -0.949. The molecule has 1 atom stereocenters. The molecule has 0 fully saturated rings. The third-order valence-electron chi connectivity index (χ3n) is 1.69. The Morgan fingerprint density at radius 1 is 1.22 bits per heavy atom. The Hall–Kier alpha value is -1.69. The van der Waals surface area contributed by atoms with Crippen LogP contribution in [0.15, 0.2) is 12.2 Å². The number of hydrogen-bond acceptors (Lipinski definition) is 5. The lowest BCUT2D eigenvalue weighted by atomic mass is 10.1. The SMILES string of the molecule is C=C(CCCC(C)O)C(=O)O.CC(=O)OC(C)=O. The molecule has 0 rings (SSSR count). The molecule has 0 saturated carbocycles. The van der Waals surface area contributed by atoms with E-state index in [0.717, 1.165) is 0 Å². The topological polar surface area (TPSA) is 101 Å². The van der Waals surface area contributed by atoms with Crippen molar-refractivity contribution in [3.8, 4) is 0 Å². The highest BCUT2D eigenvalue weighted by Gasteiger charge is 2.03. The zero-order valence-corrected chi connectivity index (χ0v) is 10.9. The van der Waals surface area contributed by atoms with Gasteiger partial charge in [-0.25, -0.2) is 4.79 Å². The van der Waals surface area contributed by atoms with E-state index in [1.165, 1.54) is 13.8 Å². The lowest BCUT2D eigenvalue weighted by molar-refractivity contribution is -0.156. The summed E-state index contributed by atoms with van der Waals surface area (Å²) in [4.78, 5) is 29.8. The van der Waals surface area contributed by atoms with Gasteiger partial charge in [0.2, 0.25) is 0 Å². The third kappa shape index (κ3) is 16.7. The molecule has 104 valence electrons. The second-order valence-electron chi connectivity index (χ2n) is 3.74. The number of aliphatic carboxylic acids is 1. The Balaban J connectivity index is 0. The fourth-order valence-electron chi connectivity index (χ4n) is 0.920. The van der Waals surface area contributed by atoms with Gasteiger partial charge >= 0.3 is 17.9 Å². The van der Waals surface area contributed by atoms with Gasteiger partial charge in [0.05, 0.1) is 6.10 Å². The van der Waals surface area contributed by atoms with E-state index in [1.54, 1.807) is 6.92 Å². The number of carboxylic acids is 1. The molecule has 0 aliphatic rings. The number of aliphatic hydroxyl groups is 1. The van der Waals surface area contributed by atoms with Crippen molar-refractivity contribution in [2.75, 3.05) is 0 Å². The molecule has 0 aliphatic heterocycles. The summed E-state index contributed by atoms with van der Waals surface area (Å²) in [7, 11) is 0. The zero-order valence-electron chi connectivity index (χ0n) is 10.9. The van der Waals surface area contributed by atoms with Crippen molar-refractivity contribution in [3.63, 3.8) is 0 Å². The fraction of sp³-hybridized carbons (Fsp3) is 0.583. The summed E-state index contributed by atoms with van der Waals surface area (Å²) in [5, 5.41) is 17.2. The Kier molecular flexibility index (Phi) is 10.9. The van der Waals surface area contributed by atoms with Gasteiger partial charge in [-0.3, -0.25) is 9.59 Å². The number of hydrogen-bond donors (Lipinski definition) is 2. The van der Waals surface area contributed by atoms with E-state index in [9.17, 15) is 14.4 Å². The first-order valence-corrected chi connectivity index (χ1v) is 5.45. The maximum absolute atomic E-state index is 10.2. The number of carbonyl (C=O) groups is 3. The number of carbonyl (C=O) groups excluding carboxylic acids is 2. The molecule has 0 spiro atoms. The fourth-order valence-corrected chi connectivity index (χ4v) is 0.920. The predicted octanol–water partition coefficient (Wildman–Crippen LogP) is 1.27. The molecule has 6 nitrogen and oxygen atoms in total. The van der Waals surface area contributed by atoms with Gasteiger partial charge in [-0.1, -0.05) is 6.58 Å². The van der Waals surface area contributed by atoms with E-state index in [2.05, 4.69) is 11.3 Å².